The predicted octanol–water partition coefficient (Wildman–Crippen LogP) is 2.90. The van der Waals surface area contributed by atoms with Crippen molar-refractivity contribution in [1.29, 1.82) is 0 Å². The van der Waals surface area contributed by atoms with Crippen LogP contribution in [0.15, 0.2) is 18.2 Å². The lowest BCUT2D eigenvalue weighted by Crippen LogP contribution is -2.14. The molecule has 3 nitrogen and oxygen atoms in total. The van der Waals surface area contributed by atoms with Crippen molar-refractivity contribution < 1.29 is 13.9 Å². The maximum atomic E-state index is 13.6. The van der Waals surface area contributed by atoms with E-state index in [-0.39, 0.29) is 5.82 Å². The monoisotopic (exact) mass is 255 g/mol. The molecular formula is C14H22FNO2. The Kier molecular flexibility index (Phi) is 6.09. The fraction of sp³-hybridized carbons (Fsp3) is 0.571. The number of hydrogen-bond donors (Lipinski definition) is 1. The second-order valence-corrected chi connectivity index (χ2v) is 4.76. The first-order valence-electron chi connectivity index (χ1n) is 6.27. The molecule has 0 fully saturated rings. The first-order chi connectivity index (χ1) is 8.52. The Morgan fingerprint density at radius 1 is 1.22 bits per heavy atom. The van der Waals surface area contributed by atoms with Crippen LogP contribution < -0.4 is 10.5 Å². The smallest absolute Gasteiger partial charge is 0.131 e. The second kappa shape index (κ2) is 7.34. The van der Waals surface area contributed by atoms with Gasteiger partial charge in [0.05, 0.1) is 6.61 Å². The molecule has 0 spiro atoms. The summed E-state index contributed by atoms with van der Waals surface area (Å²) in [5, 5.41) is 0. The van der Waals surface area contributed by atoms with E-state index in [1.165, 1.54) is 6.07 Å². The van der Waals surface area contributed by atoms with Crippen molar-refractivity contribution in [3.05, 3.63) is 29.6 Å². The summed E-state index contributed by atoms with van der Waals surface area (Å²) in [5.41, 5.74) is 6.15. The maximum absolute atomic E-state index is 13.6. The van der Waals surface area contributed by atoms with Crippen LogP contribution in [0.5, 0.6) is 5.75 Å². The van der Waals surface area contributed by atoms with Crippen LogP contribution in [0, 0.1) is 11.7 Å². The molecule has 0 radical (unpaired) electrons. The van der Waals surface area contributed by atoms with Gasteiger partial charge in [0.15, 0.2) is 0 Å². The van der Waals surface area contributed by atoms with E-state index >= 15 is 0 Å². The highest BCUT2D eigenvalue weighted by Crippen LogP contribution is 2.26. The van der Waals surface area contributed by atoms with Crippen LogP contribution in [-0.2, 0) is 4.74 Å². The van der Waals surface area contributed by atoms with Crippen molar-refractivity contribution in [3.63, 3.8) is 0 Å². The maximum Gasteiger partial charge on any atom is 0.131 e. The molecule has 0 bridgehead atoms. The number of nitrogens with two attached hydrogens (primary N) is 1. The van der Waals surface area contributed by atoms with Crippen LogP contribution in [0.4, 0.5) is 4.39 Å². The lowest BCUT2D eigenvalue weighted by Gasteiger charge is -2.15. The van der Waals surface area contributed by atoms with Crippen LogP contribution in [0.3, 0.4) is 0 Å². The van der Waals surface area contributed by atoms with E-state index in [1.54, 1.807) is 19.1 Å². The minimum atomic E-state index is -0.391. The molecule has 18 heavy (non-hydrogen) atoms. The molecule has 0 saturated heterocycles. The van der Waals surface area contributed by atoms with Crippen LogP contribution in [0.1, 0.15) is 32.4 Å². The first kappa shape index (κ1) is 14.9. The molecule has 0 aliphatic carbocycles. The molecular weight excluding hydrogens is 233 g/mol. The fourth-order valence-electron chi connectivity index (χ4n) is 1.61. The van der Waals surface area contributed by atoms with Gasteiger partial charge in [0.25, 0.3) is 0 Å². The topological polar surface area (TPSA) is 44.5 Å². The van der Waals surface area contributed by atoms with Gasteiger partial charge < -0.3 is 15.2 Å². The summed E-state index contributed by atoms with van der Waals surface area (Å²) in [6.45, 7) is 7.50. The summed E-state index contributed by atoms with van der Waals surface area (Å²) in [4.78, 5) is 0. The molecule has 1 rings (SSSR count). The normalized spacial score (nSPS) is 12.8. The third kappa shape index (κ3) is 4.63. The molecule has 0 unspecified atom stereocenters. The Hall–Kier alpha value is -1.13. The highest BCUT2D eigenvalue weighted by molar-refractivity contribution is 5.36. The summed E-state index contributed by atoms with van der Waals surface area (Å²) < 4.78 is 24.5. The van der Waals surface area contributed by atoms with Crippen molar-refractivity contribution in [2.24, 2.45) is 11.7 Å². The largest absolute Gasteiger partial charge is 0.491 e. The summed E-state index contributed by atoms with van der Waals surface area (Å²) in [6.07, 6.45) is 0. The van der Waals surface area contributed by atoms with E-state index in [1.807, 2.05) is 0 Å². The summed E-state index contributed by atoms with van der Waals surface area (Å²) in [6, 6.07) is 4.34. The Bertz CT molecular complexity index is 367. The highest BCUT2D eigenvalue weighted by Gasteiger charge is 2.13. The molecule has 0 amide bonds. The van der Waals surface area contributed by atoms with Gasteiger partial charge in [0.1, 0.15) is 18.2 Å². The van der Waals surface area contributed by atoms with E-state index in [2.05, 4.69) is 13.8 Å². The van der Waals surface area contributed by atoms with Gasteiger partial charge >= 0.3 is 0 Å². The van der Waals surface area contributed by atoms with Crippen LogP contribution >= 0.6 is 0 Å². The van der Waals surface area contributed by atoms with E-state index in [0.717, 1.165) is 0 Å². The number of halogens is 1. The molecule has 0 aliphatic heterocycles. The lowest BCUT2D eigenvalue weighted by molar-refractivity contribution is 0.0814. The SMILES string of the molecule is CC(C)COCCOc1cccc(F)c1[C@H](C)N. The molecule has 0 aliphatic rings. The standard InChI is InChI=1S/C14H22FNO2/c1-10(2)9-17-7-8-18-13-6-4-5-12(15)14(13)11(3)16/h4-6,10-11H,7-9,16H2,1-3H3/t11-/m0/s1. The van der Waals surface area contributed by atoms with Crippen molar-refractivity contribution in [3.8, 4) is 5.75 Å². The first-order valence-corrected chi connectivity index (χ1v) is 6.27. The fourth-order valence-corrected chi connectivity index (χ4v) is 1.61. The molecule has 1 atom stereocenters. The Morgan fingerprint density at radius 3 is 2.56 bits per heavy atom. The quantitative estimate of drug-likeness (QED) is 0.762. The Balaban J connectivity index is 2.49. The van der Waals surface area contributed by atoms with Gasteiger partial charge in [-0.05, 0) is 25.0 Å². The molecule has 1 aromatic rings. The van der Waals surface area contributed by atoms with Crippen LogP contribution in [-0.4, -0.2) is 19.8 Å². The summed E-state index contributed by atoms with van der Waals surface area (Å²) in [5.74, 6) is 0.669. The average Bonchev–Trinajstić information content (AvgIpc) is 2.27. The molecule has 0 heterocycles. The van der Waals surface area contributed by atoms with Gasteiger partial charge in [-0.15, -0.1) is 0 Å². The summed E-state index contributed by atoms with van der Waals surface area (Å²) in [7, 11) is 0. The van der Waals surface area contributed by atoms with Gasteiger partial charge in [0.2, 0.25) is 0 Å². The van der Waals surface area contributed by atoms with E-state index in [9.17, 15) is 4.39 Å². The number of benzene rings is 1. The van der Waals surface area contributed by atoms with Gasteiger partial charge in [-0.25, -0.2) is 4.39 Å². The summed E-state index contributed by atoms with van der Waals surface area (Å²) >= 11 is 0. The van der Waals surface area contributed by atoms with Crippen LogP contribution in [0.25, 0.3) is 0 Å². The van der Waals surface area contributed by atoms with Crippen LogP contribution in [0.2, 0.25) is 0 Å². The van der Waals surface area contributed by atoms with E-state index in [4.69, 9.17) is 15.2 Å². The van der Waals surface area contributed by atoms with Gasteiger partial charge in [0, 0.05) is 18.2 Å². The number of hydrogen-bond acceptors (Lipinski definition) is 3. The molecule has 0 saturated carbocycles. The van der Waals surface area contributed by atoms with Crippen molar-refractivity contribution in [2.45, 2.75) is 26.8 Å². The average molecular weight is 255 g/mol. The molecule has 2 N–H and O–H groups in total. The lowest BCUT2D eigenvalue weighted by atomic mass is 10.1. The highest BCUT2D eigenvalue weighted by atomic mass is 19.1. The van der Waals surface area contributed by atoms with Gasteiger partial charge in [-0.3, -0.25) is 0 Å². The van der Waals surface area contributed by atoms with E-state index < -0.39 is 6.04 Å². The Morgan fingerprint density at radius 2 is 1.94 bits per heavy atom. The third-order valence-electron chi connectivity index (χ3n) is 2.40. The zero-order chi connectivity index (χ0) is 13.5. The van der Waals surface area contributed by atoms with Crippen molar-refractivity contribution in [1.82, 2.24) is 0 Å². The second-order valence-electron chi connectivity index (χ2n) is 4.76. The zero-order valence-electron chi connectivity index (χ0n) is 11.3. The number of ether oxygens (including phenoxy) is 2. The van der Waals surface area contributed by atoms with Gasteiger partial charge in [-0.1, -0.05) is 19.9 Å². The zero-order valence-corrected chi connectivity index (χ0v) is 11.3. The molecule has 1 aromatic carbocycles. The molecule has 4 heteroatoms. The van der Waals surface area contributed by atoms with Crippen molar-refractivity contribution in [2.75, 3.05) is 19.8 Å². The predicted molar refractivity (Wildman–Crippen MR) is 70.2 cm³/mol. The minimum absolute atomic E-state index is 0.328. The third-order valence-corrected chi connectivity index (χ3v) is 2.40. The van der Waals surface area contributed by atoms with Gasteiger partial charge in [-0.2, -0.15) is 0 Å². The Labute approximate surface area is 108 Å². The molecule has 0 aromatic heterocycles. The number of rotatable bonds is 7. The minimum Gasteiger partial charge on any atom is -0.491 e. The van der Waals surface area contributed by atoms with Crippen molar-refractivity contribution >= 4 is 0 Å². The molecule has 102 valence electrons. The van der Waals surface area contributed by atoms with E-state index in [0.29, 0.717) is 37.1 Å².